The molecule has 4 rings (SSSR count). The Hall–Kier alpha value is -4.07. The monoisotopic (exact) mass is 476 g/mol. The van der Waals surface area contributed by atoms with E-state index in [9.17, 15) is 9.18 Å². The fraction of sp³-hybridized carbons (Fsp3) is 0.259. The highest BCUT2D eigenvalue weighted by atomic mass is 19.1. The number of amides is 1. The van der Waals surface area contributed by atoms with Crippen molar-refractivity contribution < 1.29 is 18.8 Å². The molecule has 1 aliphatic rings. The van der Waals surface area contributed by atoms with Gasteiger partial charge >= 0.3 is 0 Å². The van der Waals surface area contributed by atoms with E-state index in [1.54, 1.807) is 42.5 Å². The van der Waals surface area contributed by atoms with Crippen molar-refractivity contribution in [1.29, 1.82) is 0 Å². The third kappa shape index (κ3) is 6.50. The van der Waals surface area contributed by atoms with Crippen LogP contribution in [0.25, 0.3) is 0 Å². The van der Waals surface area contributed by atoms with Crippen molar-refractivity contribution in [3.63, 3.8) is 0 Å². The van der Waals surface area contributed by atoms with Crippen LogP contribution in [0.2, 0.25) is 0 Å². The Labute approximate surface area is 204 Å². The van der Waals surface area contributed by atoms with Gasteiger partial charge in [0.05, 0.1) is 0 Å². The van der Waals surface area contributed by atoms with Gasteiger partial charge in [-0.2, -0.15) is 0 Å². The Morgan fingerprint density at radius 1 is 1.09 bits per heavy atom. The molecule has 0 spiro atoms. The molecule has 7 nitrogen and oxygen atoms in total. The fourth-order valence-electron chi connectivity index (χ4n) is 3.85. The predicted octanol–water partition coefficient (Wildman–Crippen LogP) is 4.59. The van der Waals surface area contributed by atoms with E-state index >= 15 is 0 Å². The van der Waals surface area contributed by atoms with E-state index in [1.807, 2.05) is 19.1 Å². The highest BCUT2D eigenvalue weighted by molar-refractivity contribution is 5.97. The van der Waals surface area contributed by atoms with Gasteiger partial charge in [-0.15, -0.1) is 0 Å². The van der Waals surface area contributed by atoms with Crippen molar-refractivity contribution in [1.82, 2.24) is 0 Å². The summed E-state index contributed by atoms with van der Waals surface area (Å²) in [7, 11) is 0. The molecule has 3 aromatic carbocycles. The summed E-state index contributed by atoms with van der Waals surface area (Å²) in [5, 5.41) is 6.69. The number of benzene rings is 3. The van der Waals surface area contributed by atoms with Gasteiger partial charge in [0.25, 0.3) is 5.91 Å². The molecule has 3 aromatic rings. The van der Waals surface area contributed by atoms with Crippen molar-refractivity contribution in [3.8, 4) is 5.75 Å². The first-order valence-electron chi connectivity index (χ1n) is 11.6. The van der Waals surface area contributed by atoms with Gasteiger partial charge in [-0.3, -0.25) is 4.79 Å². The average Bonchev–Trinajstić information content (AvgIpc) is 3.40. The van der Waals surface area contributed by atoms with Crippen LogP contribution in [0.5, 0.6) is 5.75 Å². The molecule has 3 N–H and O–H groups in total. The zero-order valence-electron chi connectivity index (χ0n) is 19.7. The van der Waals surface area contributed by atoms with Gasteiger partial charge in [-0.25, -0.2) is 4.39 Å². The van der Waals surface area contributed by atoms with Gasteiger partial charge in [-0.1, -0.05) is 41.6 Å². The third-order valence-electron chi connectivity index (χ3n) is 5.79. The largest absolute Gasteiger partial charge is 0.486 e. The van der Waals surface area contributed by atoms with E-state index in [4.69, 9.17) is 15.3 Å². The Morgan fingerprint density at radius 2 is 1.83 bits per heavy atom. The summed E-state index contributed by atoms with van der Waals surface area (Å²) in [5.41, 5.74) is 10.4. The van der Waals surface area contributed by atoms with Crippen LogP contribution in [-0.2, 0) is 16.2 Å². The number of carbonyl (C=O) groups is 1. The number of nitrogens with zero attached hydrogens (tertiary/aromatic N) is 2. The average molecular weight is 477 g/mol. The van der Waals surface area contributed by atoms with Gasteiger partial charge in [-0.05, 0) is 61.2 Å². The lowest BCUT2D eigenvalue weighted by atomic mass is 10.1. The first-order chi connectivity index (χ1) is 17.0. The van der Waals surface area contributed by atoms with E-state index in [1.165, 1.54) is 24.6 Å². The number of halogens is 1. The molecule has 8 heteroatoms. The first-order valence-corrected chi connectivity index (χ1v) is 11.6. The molecule has 0 aliphatic carbocycles. The number of nitrogens with one attached hydrogen (secondary N) is 1. The zero-order valence-corrected chi connectivity index (χ0v) is 19.7. The third-order valence-corrected chi connectivity index (χ3v) is 5.79. The van der Waals surface area contributed by atoms with Gasteiger partial charge in [0, 0.05) is 30.0 Å². The van der Waals surface area contributed by atoms with Crippen LogP contribution in [0.4, 0.5) is 15.8 Å². The fourth-order valence-corrected chi connectivity index (χ4v) is 3.85. The number of hydrogen-bond donors (Lipinski definition) is 2. The molecule has 1 aliphatic heterocycles. The van der Waals surface area contributed by atoms with Gasteiger partial charge < -0.3 is 25.5 Å². The van der Waals surface area contributed by atoms with E-state index < -0.39 is 5.82 Å². The lowest BCUT2D eigenvalue weighted by molar-refractivity contribution is -0.120. The number of oxime groups is 1. The molecule has 0 aromatic heterocycles. The molecule has 0 bridgehead atoms. The Bertz CT molecular complexity index is 1190. The maximum Gasteiger partial charge on any atom is 0.265 e. The Morgan fingerprint density at radius 3 is 2.54 bits per heavy atom. The van der Waals surface area contributed by atoms with Crippen LogP contribution in [-0.4, -0.2) is 31.4 Å². The zero-order chi connectivity index (χ0) is 24.6. The molecular formula is C27H29FN4O3. The summed E-state index contributed by atoms with van der Waals surface area (Å²) in [4.78, 5) is 19.8. The Balaban J connectivity index is 1.25. The maximum absolute atomic E-state index is 13.7. The van der Waals surface area contributed by atoms with Gasteiger partial charge in [0.15, 0.2) is 24.0 Å². The second-order valence-electron chi connectivity index (χ2n) is 8.41. The van der Waals surface area contributed by atoms with Gasteiger partial charge in [0.2, 0.25) is 0 Å². The molecule has 182 valence electrons. The smallest absolute Gasteiger partial charge is 0.265 e. The van der Waals surface area contributed by atoms with Crippen LogP contribution in [0.15, 0.2) is 71.9 Å². The number of amidine groups is 1. The molecule has 0 saturated carbocycles. The number of nitrogens with two attached hydrogens (primary N) is 1. The second kappa shape index (κ2) is 11.4. The molecule has 0 radical (unpaired) electrons. The van der Waals surface area contributed by atoms with E-state index in [2.05, 4.69) is 21.4 Å². The van der Waals surface area contributed by atoms with E-state index in [0.717, 1.165) is 29.9 Å². The minimum absolute atomic E-state index is 0.144. The van der Waals surface area contributed by atoms with Crippen molar-refractivity contribution >= 4 is 23.1 Å². The molecule has 0 unspecified atom stereocenters. The standard InChI is InChI=1S/C27H29FN4O3/c1-19-16-22(32-14-4-5-15-32)12-13-24(19)30-26(33)18-35-31-27(29)21-10-8-20(9-11-21)17-34-25-7-3-2-6-23(25)28/h2-3,6-13,16H,4-5,14-15,17-18H2,1H3,(H2,29,31)(H,30,33). The number of hydrogen-bond acceptors (Lipinski definition) is 5. The van der Waals surface area contributed by atoms with Crippen molar-refractivity contribution in [2.45, 2.75) is 26.4 Å². The predicted molar refractivity (Wildman–Crippen MR) is 135 cm³/mol. The van der Waals surface area contributed by atoms with Crippen LogP contribution < -0.4 is 20.7 Å². The summed E-state index contributed by atoms with van der Waals surface area (Å²) in [6.07, 6.45) is 2.43. The molecule has 1 amide bonds. The number of anilines is 2. The molecule has 0 atom stereocenters. The van der Waals surface area contributed by atoms with Crippen molar-refractivity contribution in [3.05, 3.63) is 89.2 Å². The highest BCUT2D eigenvalue weighted by Gasteiger charge is 2.14. The van der Waals surface area contributed by atoms with Crippen LogP contribution >= 0.6 is 0 Å². The summed E-state index contributed by atoms with van der Waals surface area (Å²) in [5.74, 6) is -0.386. The Kier molecular flexibility index (Phi) is 7.82. The van der Waals surface area contributed by atoms with Crippen molar-refractivity contribution in [2.75, 3.05) is 29.9 Å². The number of carbonyl (C=O) groups excluding carboxylic acids is 1. The highest BCUT2D eigenvalue weighted by Crippen LogP contribution is 2.25. The number of rotatable bonds is 9. The summed E-state index contributed by atoms with van der Waals surface area (Å²) in [6, 6.07) is 19.4. The molecule has 1 heterocycles. The summed E-state index contributed by atoms with van der Waals surface area (Å²) < 4.78 is 19.1. The number of para-hydroxylation sites is 1. The minimum Gasteiger partial charge on any atom is -0.486 e. The molecular weight excluding hydrogens is 447 g/mol. The molecule has 1 saturated heterocycles. The SMILES string of the molecule is Cc1cc(N2CCCC2)ccc1NC(=O)CO/N=C(\N)c1ccc(COc2ccccc2F)cc1. The summed E-state index contributed by atoms with van der Waals surface area (Å²) >= 11 is 0. The lowest BCUT2D eigenvalue weighted by Crippen LogP contribution is -2.20. The number of ether oxygens (including phenoxy) is 1. The van der Waals surface area contributed by atoms with Crippen molar-refractivity contribution in [2.24, 2.45) is 10.9 Å². The summed E-state index contributed by atoms with van der Waals surface area (Å²) in [6.45, 7) is 4.07. The minimum atomic E-state index is -0.407. The van der Waals surface area contributed by atoms with E-state index in [-0.39, 0.29) is 30.7 Å². The molecule has 1 fully saturated rings. The normalized spacial score (nSPS) is 13.5. The van der Waals surface area contributed by atoms with E-state index in [0.29, 0.717) is 5.56 Å². The number of aryl methyl sites for hydroxylation is 1. The second-order valence-corrected chi connectivity index (χ2v) is 8.41. The topological polar surface area (TPSA) is 89.2 Å². The lowest BCUT2D eigenvalue weighted by Gasteiger charge is -2.19. The maximum atomic E-state index is 13.7. The van der Waals surface area contributed by atoms with Crippen LogP contribution in [0, 0.1) is 12.7 Å². The first kappa shape index (κ1) is 24.1. The molecule has 35 heavy (non-hydrogen) atoms. The van der Waals surface area contributed by atoms with Crippen LogP contribution in [0.3, 0.4) is 0 Å². The van der Waals surface area contributed by atoms with Crippen LogP contribution in [0.1, 0.15) is 29.5 Å². The van der Waals surface area contributed by atoms with Gasteiger partial charge in [0.1, 0.15) is 6.61 Å². The quantitative estimate of drug-likeness (QED) is 0.268.